The molecule has 1 atom stereocenters. The number of piperidine rings is 1. The lowest BCUT2D eigenvalue weighted by molar-refractivity contribution is 0.163. The zero-order valence-corrected chi connectivity index (χ0v) is 12.2. The van der Waals surface area contributed by atoms with Gasteiger partial charge in [-0.05, 0) is 44.7 Å². The van der Waals surface area contributed by atoms with E-state index in [4.69, 9.17) is 10.7 Å². The molecule has 0 aliphatic carbocycles. The van der Waals surface area contributed by atoms with Gasteiger partial charge < -0.3 is 5.73 Å². The Balaban J connectivity index is 1.84. The number of hydrogen-bond acceptors (Lipinski definition) is 4. The van der Waals surface area contributed by atoms with Gasteiger partial charge in [-0.2, -0.15) is 0 Å². The van der Waals surface area contributed by atoms with Crippen LogP contribution in [0.15, 0.2) is 5.38 Å². The third kappa shape index (κ3) is 4.04. The van der Waals surface area contributed by atoms with Gasteiger partial charge in [0.15, 0.2) is 0 Å². The molecule has 2 N–H and O–H groups in total. The second-order valence-corrected chi connectivity index (χ2v) is 6.25. The van der Waals surface area contributed by atoms with E-state index in [0.717, 1.165) is 25.4 Å². The van der Waals surface area contributed by atoms with Crippen molar-refractivity contribution in [2.45, 2.75) is 45.6 Å². The lowest BCUT2D eigenvalue weighted by atomic mass is 9.95. The number of hydrogen-bond donors (Lipinski definition) is 1. The number of nitrogens with zero attached hydrogens (tertiary/aromatic N) is 2. The van der Waals surface area contributed by atoms with E-state index >= 15 is 0 Å². The van der Waals surface area contributed by atoms with Crippen molar-refractivity contribution in [2.24, 2.45) is 11.7 Å². The quantitative estimate of drug-likeness (QED) is 0.861. The van der Waals surface area contributed by atoms with E-state index in [0.29, 0.717) is 0 Å². The number of likely N-dealkylation sites (tertiary alicyclic amines) is 1. The fourth-order valence-electron chi connectivity index (χ4n) is 2.75. The highest BCUT2D eigenvalue weighted by atomic mass is 32.1. The highest BCUT2D eigenvalue weighted by Gasteiger charge is 2.20. The van der Waals surface area contributed by atoms with E-state index in [9.17, 15) is 0 Å². The molecule has 2 heterocycles. The highest BCUT2D eigenvalue weighted by molar-refractivity contribution is 7.09. The van der Waals surface area contributed by atoms with E-state index in [2.05, 4.69) is 17.2 Å². The first-order valence-corrected chi connectivity index (χ1v) is 8.05. The van der Waals surface area contributed by atoms with Gasteiger partial charge in [0.05, 0.1) is 12.2 Å². The average molecular weight is 267 g/mol. The third-order valence-corrected chi connectivity index (χ3v) is 4.52. The maximum absolute atomic E-state index is 5.67. The van der Waals surface area contributed by atoms with Gasteiger partial charge >= 0.3 is 0 Å². The summed E-state index contributed by atoms with van der Waals surface area (Å²) >= 11 is 1.82. The largest absolute Gasteiger partial charge is 0.330 e. The average Bonchev–Trinajstić information content (AvgIpc) is 2.78. The lowest BCUT2D eigenvalue weighted by Gasteiger charge is -2.31. The van der Waals surface area contributed by atoms with Crippen molar-refractivity contribution in [1.82, 2.24) is 9.88 Å². The second-order valence-electron chi connectivity index (χ2n) is 5.30. The van der Waals surface area contributed by atoms with Crippen molar-refractivity contribution in [2.75, 3.05) is 19.6 Å². The van der Waals surface area contributed by atoms with Crippen LogP contribution >= 0.6 is 11.3 Å². The lowest BCUT2D eigenvalue weighted by Crippen LogP contribution is -2.35. The summed E-state index contributed by atoms with van der Waals surface area (Å²) in [5.74, 6) is 0.804. The summed E-state index contributed by atoms with van der Waals surface area (Å²) in [5, 5.41) is 3.51. The summed E-state index contributed by atoms with van der Waals surface area (Å²) in [5.41, 5.74) is 6.94. The fraction of sp³-hybridized carbons (Fsp3) is 0.786. The number of aromatic nitrogens is 1. The third-order valence-electron chi connectivity index (χ3n) is 3.64. The van der Waals surface area contributed by atoms with Crippen LogP contribution in [0.1, 0.15) is 43.3 Å². The van der Waals surface area contributed by atoms with Crippen LogP contribution in [-0.2, 0) is 13.0 Å². The predicted octanol–water partition coefficient (Wildman–Crippen LogP) is 2.66. The summed E-state index contributed by atoms with van der Waals surface area (Å²) < 4.78 is 0. The van der Waals surface area contributed by atoms with Crippen molar-refractivity contribution in [3.05, 3.63) is 16.1 Å². The molecule has 1 aliphatic rings. The maximum atomic E-state index is 5.67. The first kappa shape index (κ1) is 14.0. The number of aryl methyl sites for hydroxylation is 1. The first-order chi connectivity index (χ1) is 8.81. The van der Waals surface area contributed by atoms with Crippen LogP contribution in [0, 0.1) is 5.92 Å². The monoisotopic (exact) mass is 267 g/mol. The van der Waals surface area contributed by atoms with E-state index in [1.165, 1.54) is 49.5 Å². The molecule has 4 heteroatoms. The van der Waals surface area contributed by atoms with E-state index in [-0.39, 0.29) is 0 Å². The molecule has 0 bridgehead atoms. The Bertz CT molecular complexity index is 349. The standard InChI is InChI=1S/C14H25N3S/c1-2-4-13-11-18-14(16-13)10-17-8-3-5-12(9-17)6-7-15/h11-12H,2-10,15H2,1H3. The Hall–Kier alpha value is -0.450. The minimum atomic E-state index is 0.804. The van der Waals surface area contributed by atoms with Gasteiger partial charge in [-0.25, -0.2) is 4.98 Å². The minimum Gasteiger partial charge on any atom is -0.330 e. The zero-order valence-electron chi connectivity index (χ0n) is 11.4. The summed E-state index contributed by atoms with van der Waals surface area (Å²) in [4.78, 5) is 7.27. The molecule has 102 valence electrons. The molecule has 0 amide bonds. The summed E-state index contributed by atoms with van der Waals surface area (Å²) in [6, 6.07) is 0. The Labute approximate surface area is 114 Å². The van der Waals surface area contributed by atoms with E-state index < -0.39 is 0 Å². The van der Waals surface area contributed by atoms with Gasteiger partial charge in [0.2, 0.25) is 0 Å². The predicted molar refractivity (Wildman–Crippen MR) is 77.8 cm³/mol. The van der Waals surface area contributed by atoms with Gasteiger partial charge in [0.1, 0.15) is 5.01 Å². The van der Waals surface area contributed by atoms with Crippen LogP contribution in [0.5, 0.6) is 0 Å². The Kier molecular flexibility index (Phi) is 5.60. The summed E-state index contributed by atoms with van der Waals surface area (Å²) in [7, 11) is 0. The maximum Gasteiger partial charge on any atom is 0.107 e. The molecule has 1 saturated heterocycles. The van der Waals surface area contributed by atoms with Gasteiger partial charge in [0, 0.05) is 11.9 Å². The van der Waals surface area contributed by atoms with E-state index in [1.807, 2.05) is 11.3 Å². The van der Waals surface area contributed by atoms with Crippen LogP contribution in [0.4, 0.5) is 0 Å². The van der Waals surface area contributed by atoms with Crippen molar-refractivity contribution < 1.29 is 0 Å². The topological polar surface area (TPSA) is 42.1 Å². The second kappa shape index (κ2) is 7.22. The molecule has 0 radical (unpaired) electrons. The van der Waals surface area contributed by atoms with Gasteiger partial charge in [0.25, 0.3) is 0 Å². The molecule has 0 saturated carbocycles. The molecule has 3 nitrogen and oxygen atoms in total. The van der Waals surface area contributed by atoms with Crippen LogP contribution in [-0.4, -0.2) is 29.5 Å². The normalized spacial score (nSPS) is 21.3. The van der Waals surface area contributed by atoms with Crippen molar-refractivity contribution in [1.29, 1.82) is 0 Å². The molecule has 1 aliphatic heterocycles. The van der Waals surface area contributed by atoms with Crippen molar-refractivity contribution >= 4 is 11.3 Å². The molecule has 0 spiro atoms. The number of thiazole rings is 1. The molecule has 2 rings (SSSR count). The fourth-order valence-corrected chi connectivity index (χ4v) is 3.62. The van der Waals surface area contributed by atoms with E-state index in [1.54, 1.807) is 0 Å². The van der Waals surface area contributed by atoms with Crippen molar-refractivity contribution in [3.63, 3.8) is 0 Å². The van der Waals surface area contributed by atoms with Crippen molar-refractivity contribution in [3.8, 4) is 0 Å². The minimum absolute atomic E-state index is 0.804. The first-order valence-electron chi connectivity index (χ1n) is 7.17. The number of rotatable bonds is 6. The van der Waals surface area contributed by atoms with Crippen LogP contribution in [0.3, 0.4) is 0 Å². The van der Waals surface area contributed by atoms with Gasteiger partial charge in [-0.15, -0.1) is 11.3 Å². The smallest absolute Gasteiger partial charge is 0.107 e. The molecule has 1 aromatic rings. The summed E-state index contributed by atoms with van der Waals surface area (Å²) in [6.45, 7) is 6.51. The molecular formula is C14H25N3S. The SMILES string of the molecule is CCCc1csc(CN2CCCC(CCN)C2)n1. The molecule has 1 fully saturated rings. The van der Waals surface area contributed by atoms with Crippen LogP contribution < -0.4 is 5.73 Å². The molecule has 18 heavy (non-hydrogen) atoms. The van der Waals surface area contributed by atoms with Crippen LogP contribution in [0.2, 0.25) is 0 Å². The molecule has 1 aromatic heterocycles. The molecule has 1 unspecified atom stereocenters. The highest BCUT2D eigenvalue weighted by Crippen LogP contribution is 2.22. The zero-order chi connectivity index (χ0) is 12.8. The Morgan fingerprint density at radius 1 is 1.56 bits per heavy atom. The van der Waals surface area contributed by atoms with Gasteiger partial charge in [-0.3, -0.25) is 4.90 Å². The molecule has 0 aromatic carbocycles. The summed E-state index contributed by atoms with van der Waals surface area (Å²) in [6.07, 6.45) is 6.15. The number of nitrogens with two attached hydrogens (primary N) is 1. The Morgan fingerprint density at radius 3 is 3.22 bits per heavy atom. The Morgan fingerprint density at radius 2 is 2.44 bits per heavy atom. The van der Waals surface area contributed by atoms with Crippen LogP contribution in [0.25, 0.3) is 0 Å². The van der Waals surface area contributed by atoms with Gasteiger partial charge in [-0.1, -0.05) is 13.3 Å². The molecular weight excluding hydrogens is 242 g/mol.